The SMILES string of the molecule is Cc1ccc(C(=O)N2C(C(=O)O)CC3CCCCC32)cc1S(C)(=O)=O. The highest BCUT2D eigenvalue weighted by molar-refractivity contribution is 7.90. The molecule has 25 heavy (non-hydrogen) atoms. The van der Waals surface area contributed by atoms with Gasteiger partial charge in [0.05, 0.1) is 4.90 Å². The first-order chi connectivity index (χ1) is 11.7. The van der Waals surface area contributed by atoms with E-state index in [1.54, 1.807) is 19.1 Å². The van der Waals surface area contributed by atoms with E-state index in [1.807, 2.05) is 0 Å². The van der Waals surface area contributed by atoms with Crippen molar-refractivity contribution in [3.63, 3.8) is 0 Å². The lowest BCUT2D eigenvalue weighted by molar-refractivity contribution is -0.141. The second-order valence-corrected chi connectivity index (χ2v) is 9.15. The number of amides is 1. The van der Waals surface area contributed by atoms with Crippen LogP contribution in [0.5, 0.6) is 0 Å². The lowest BCUT2D eigenvalue weighted by Crippen LogP contribution is -2.46. The summed E-state index contributed by atoms with van der Waals surface area (Å²) in [4.78, 5) is 26.4. The maximum Gasteiger partial charge on any atom is 0.326 e. The van der Waals surface area contributed by atoms with Gasteiger partial charge in [0.1, 0.15) is 6.04 Å². The van der Waals surface area contributed by atoms with Gasteiger partial charge in [0.2, 0.25) is 0 Å². The van der Waals surface area contributed by atoms with Crippen molar-refractivity contribution in [2.45, 2.75) is 56.0 Å². The Kier molecular flexibility index (Phi) is 4.62. The number of sulfone groups is 1. The average molecular weight is 365 g/mol. The Bertz CT molecular complexity index is 817. The summed E-state index contributed by atoms with van der Waals surface area (Å²) in [6.07, 6.45) is 5.40. The molecule has 1 heterocycles. The van der Waals surface area contributed by atoms with E-state index in [0.717, 1.165) is 31.9 Å². The van der Waals surface area contributed by atoms with Crippen molar-refractivity contribution in [3.05, 3.63) is 29.3 Å². The van der Waals surface area contributed by atoms with E-state index >= 15 is 0 Å². The normalized spacial score (nSPS) is 26.3. The zero-order chi connectivity index (χ0) is 18.4. The molecule has 1 amide bonds. The smallest absolute Gasteiger partial charge is 0.326 e. The quantitative estimate of drug-likeness (QED) is 0.887. The number of carboxylic acids is 1. The van der Waals surface area contributed by atoms with Crippen LogP contribution in [0.3, 0.4) is 0 Å². The van der Waals surface area contributed by atoms with Crippen LogP contribution in [-0.4, -0.2) is 48.6 Å². The van der Waals surface area contributed by atoms with Crippen LogP contribution in [0.2, 0.25) is 0 Å². The van der Waals surface area contributed by atoms with Crippen LogP contribution in [0.25, 0.3) is 0 Å². The highest BCUT2D eigenvalue weighted by Crippen LogP contribution is 2.40. The molecule has 0 spiro atoms. The number of nitrogens with zero attached hydrogens (tertiary/aromatic N) is 1. The highest BCUT2D eigenvalue weighted by atomic mass is 32.2. The first-order valence-corrected chi connectivity index (χ1v) is 10.5. The van der Waals surface area contributed by atoms with E-state index in [0.29, 0.717) is 12.0 Å². The Balaban J connectivity index is 1.99. The average Bonchev–Trinajstić information content (AvgIpc) is 2.93. The summed E-state index contributed by atoms with van der Waals surface area (Å²) < 4.78 is 23.9. The number of fused-ring (bicyclic) bond motifs is 1. The molecule has 1 saturated carbocycles. The lowest BCUT2D eigenvalue weighted by atomic mass is 9.84. The summed E-state index contributed by atoms with van der Waals surface area (Å²) in [7, 11) is -3.45. The van der Waals surface area contributed by atoms with E-state index in [1.165, 1.54) is 11.0 Å². The zero-order valence-corrected chi connectivity index (χ0v) is 15.3. The molecule has 0 bridgehead atoms. The van der Waals surface area contributed by atoms with Crippen molar-refractivity contribution in [3.8, 4) is 0 Å². The number of likely N-dealkylation sites (tertiary alicyclic amines) is 1. The predicted molar refractivity (Wildman–Crippen MR) is 92.2 cm³/mol. The first kappa shape index (κ1) is 17.9. The van der Waals surface area contributed by atoms with Crippen molar-refractivity contribution in [2.75, 3.05) is 6.26 Å². The molecule has 3 atom stereocenters. The molecule has 0 radical (unpaired) electrons. The summed E-state index contributed by atoms with van der Waals surface area (Å²) in [5, 5.41) is 9.56. The van der Waals surface area contributed by atoms with Crippen LogP contribution in [0.15, 0.2) is 23.1 Å². The molecule has 2 aliphatic rings. The molecular weight excluding hydrogens is 342 g/mol. The zero-order valence-electron chi connectivity index (χ0n) is 14.4. The molecule has 7 heteroatoms. The standard InChI is InChI=1S/C18H23NO5S/c1-11-7-8-13(10-16(11)25(2,23)24)17(20)19-14-6-4-3-5-12(14)9-15(19)18(21)22/h7-8,10,12,14-15H,3-6,9H2,1-2H3,(H,21,22). The Morgan fingerprint density at radius 2 is 1.88 bits per heavy atom. The molecule has 6 nitrogen and oxygen atoms in total. The molecule has 1 saturated heterocycles. The molecule has 3 rings (SSSR count). The minimum absolute atomic E-state index is 0.0645. The third kappa shape index (κ3) is 3.29. The van der Waals surface area contributed by atoms with Gasteiger partial charge in [0.15, 0.2) is 9.84 Å². The number of carbonyl (C=O) groups excluding carboxylic acids is 1. The number of hydrogen-bond acceptors (Lipinski definition) is 4. The van der Waals surface area contributed by atoms with Gasteiger partial charge < -0.3 is 10.0 Å². The molecule has 136 valence electrons. The summed E-state index contributed by atoms with van der Waals surface area (Å²) >= 11 is 0. The number of aryl methyl sites for hydroxylation is 1. The fourth-order valence-electron chi connectivity index (χ4n) is 4.25. The van der Waals surface area contributed by atoms with Gasteiger partial charge in [0.25, 0.3) is 5.91 Å². The second-order valence-electron chi connectivity index (χ2n) is 7.17. The number of carboxylic acid groups (broad SMARTS) is 1. The van der Waals surface area contributed by atoms with E-state index < -0.39 is 21.8 Å². The molecule has 2 fully saturated rings. The molecule has 3 unspecified atom stereocenters. The van der Waals surface area contributed by atoms with Gasteiger partial charge in [-0.25, -0.2) is 13.2 Å². The predicted octanol–water partition coefficient (Wildman–Crippen LogP) is 2.26. The molecule has 1 aromatic carbocycles. The summed E-state index contributed by atoms with van der Waals surface area (Å²) in [6, 6.07) is 3.67. The minimum atomic E-state index is -3.45. The Morgan fingerprint density at radius 1 is 1.20 bits per heavy atom. The van der Waals surface area contributed by atoms with Gasteiger partial charge in [-0.05, 0) is 49.8 Å². The van der Waals surface area contributed by atoms with E-state index in [-0.39, 0.29) is 28.3 Å². The number of benzene rings is 1. The van der Waals surface area contributed by atoms with Crippen molar-refractivity contribution in [2.24, 2.45) is 5.92 Å². The molecule has 1 aliphatic heterocycles. The fraction of sp³-hybridized carbons (Fsp3) is 0.556. The lowest BCUT2D eigenvalue weighted by Gasteiger charge is -2.33. The van der Waals surface area contributed by atoms with Crippen LogP contribution >= 0.6 is 0 Å². The van der Waals surface area contributed by atoms with Gasteiger partial charge in [0, 0.05) is 17.9 Å². The summed E-state index contributed by atoms with van der Waals surface area (Å²) in [6.45, 7) is 1.68. The van der Waals surface area contributed by atoms with Crippen molar-refractivity contribution >= 4 is 21.7 Å². The van der Waals surface area contributed by atoms with Crippen LogP contribution in [-0.2, 0) is 14.6 Å². The fourth-order valence-corrected chi connectivity index (χ4v) is 5.25. The third-order valence-electron chi connectivity index (χ3n) is 5.44. The van der Waals surface area contributed by atoms with Gasteiger partial charge >= 0.3 is 5.97 Å². The molecule has 0 aromatic heterocycles. The number of carbonyl (C=O) groups is 2. The topological polar surface area (TPSA) is 91.8 Å². The molecule has 1 aromatic rings. The van der Waals surface area contributed by atoms with Gasteiger partial charge in [-0.1, -0.05) is 18.9 Å². The maximum absolute atomic E-state index is 13.1. The first-order valence-electron chi connectivity index (χ1n) is 8.56. The largest absolute Gasteiger partial charge is 0.480 e. The Morgan fingerprint density at radius 3 is 2.52 bits per heavy atom. The van der Waals surface area contributed by atoms with E-state index in [4.69, 9.17) is 0 Å². The van der Waals surface area contributed by atoms with Crippen LogP contribution in [0, 0.1) is 12.8 Å². The van der Waals surface area contributed by atoms with Crippen molar-refractivity contribution in [1.29, 1.82) is 0 Å². The number of rotatable bonds is 3. The van der Waals surface area contributed by atoms with Crippen LogP contribution in [0.4, 0.5) is 0 Å². The maximum atomic E-state index is 13.1. The van der Waals surface area contributed by atoms with Crippen molar-refractivity contribution < 1.29 is 23.1 Å². The second kappa shape index (κ2) is 6.44. The highest BCUT2D eigenvalue weighted by Gasteiger charge is 2.47. The van der Waals surface area contributed by atoms with E-state index in [9.17, 15) is 23.1 Å². The monoisotopic (exact) mass is 365 g/mol. The third-order valence-corrected chi connectivity index (χ3v) is 6.68. The summed E-state index contributed by atoms with van der Waals surface area (Å²) in [5.74, 6) is -1.15. The minimum Gasteiger partial charge on any atom is -0.480 e. The van der Waals surface area contributed by atoms with E-state index in [2.05, 4.69) is 0 Å². The van der Waals surface area contributed by atoms with Gasteiger partial charge in [-0.15, -0.1) is 0 Å². The molecular formula is C18H23NO5S. The summed E-state index contributed by atoms with van der Waals surface area (Å²) in [5.41, 5.74) is 0.814. The van der Waals surface area contributed by atoms with Gasteiger partial charge in [-0.2, -0.15) is 0 Å². The van der Waals surface area contributed by atoms with Gasteiger partial charge in [-0.3, -0.25) is 4.79 Å². The molecule has 1 N–H and O–H groups in total. The van der Waals surface area contributed by atoms with Crippen molar-refractivity contribution in [1.82, 2.24) is 4.90 Å². The van der Waals surface area contributed by atoms with Crippen LogP contribution < -0.4 is 0 Å². The Labute approximate surface area is 147 Å². The number of aliphatic carboxylic acids is 1. The Hall–Kier alpha value is -1.89. The van der Waals surface area contributed by atoms with Crippen LogP contribution in [0.1, 0.15) is 48.0 Å². The molecule has 1 aliphatic carbocycles. The number of hydrogen-bond donors (Lipinski definition) is 1.